The summed E-state index contributed by atoms with van der Waals surface area (Å²) in [7, 11) is 0. The molecule has 0 aliphatic rings. The molecule has 108 valence electrons. The Morgan fingerprint density at radius 1 is 1.20 bits per heavy atom. The average Bonchev–Trinajstić information content (AvgIpc) is 2.77. The molecule has 0 saturated carbocycles. The quantitative estimate of drug-likeness (QED) is 0.812. The van der Waals surface area contributed by atoms with Gasteiger partial charge in [0.15, 0.2) is 0 Å². The van der Waals surface area contributed by atoms with E-state index in [2.05, 4.69) is 56.3 Å². The molecule has 1 heterocycles. The highest BCUT2D eigenvalue weighted by molar-refractivity contribution is 5.43. The normalized spacial score (nSPS) is 11.0. The van der Waals surface area contributed by atoms with E-state index in [9.17, 15) is 0 Å². The average molecular weight is 271 g/mol. The van der Waals surface area contributed by atoms with Crippen LogP contribution in [-0.2, 0) is 6.54 Å². The van der Waals surface area contributed by atoms with Gasteiger partial charge in [0, 0.05) is 17.8 Å². The third-order valence-electron chi connectivity index (χ3n) is 3.71. The van der Waals surface area contributed by atoms with E-state index in [0.717, 1.165) is 13.1 Å². The molecule has 0 unspecified atom stereocenters. The van der Waals surface area contributed by atoms with Gasteiger partial charge in [-0.15, -0.1) is 0 Å². The molecule has 0 atom stereocenters. The minimum atomic E-state index is 0.900. The summed E-state index contributed by atoms with van der Waals surface area (Å²) in [4.78, 5) is 0. The third-order valence-corrected chi connectivity index (χ3v) is 3.71. The molecule has 0 aliphatic carbocycles. The summed E-state index contributed by atoms with van der Waals surface area (Å²) in [5.74, 6) is 0. The number of nitrogens with one attached hydrogen (secondary N) is 1. The Balaban J connectivity index is 2.15. The number of rotatable bonds is 6. The van der Waals surface area contributed by atoms with Crippen molar-refractivity contribution in [1.29, 1.82) is 0 Å². The summed E-state index contributed by atoms with van der Waals surface area (Å²) < 4.78 is 2.05. The molecular formula is C17H25N3. The smallest absolute Gasteiger partial charge is 0.0678 e. The third kappa shape index (κ3) is 3.28. The SMILES string of the molecule is CCCCNCc1cnn(-c2ccc(C)cc2C)c1C. The number of aryl methyl sites for hydroxylation is 2. The van der Waals surface area contributed by atoms with E-state index in [0.29, 0.717) is 0 Å². The monoisotopic (exact) mass is 271 g/mol. The molecule has 0 amide bonds. The van der Waals surface area contributed by atoms with Crippen LogP contribution in [0.4, 0.5) is 0 Å². The van der Waals surface area contributed by atoms with Crippen molar-refractivity contribution in [3.8, 4) is 5.69 Å². The van der Waals surface area contributed by atoms with E-state index >= 15 is 0 Å². The van der Waals surface area contributed by atoms with Gasteiger partial charge >= 0.3 is 0 Å². The van der Waals surface area contributed by atoms with Crippen molar-refractivity contribution < 1.29 is 0 Å². The molecule has 0 saturated heterocycles. The predicted molar refractivity (Wildman–Crippen MR) is 84.4 cm³/mol. The van der Waals surface area contributed by atoms with Gasteiger partial charge in [0.25, 0.3) is 0 Å². The molecule has 2 aromatic rings. The second kappa shape index (κ2) is 6.71. The molecule has 0 spiro atoms. The second-order valence-electron chi connectivity index (χ2n) is 5.49. The summed E-state index contributed by atoms with van der Waals surface area (Å²) in [6.45, 7) is 10.6. The molecular weight excluding hydrogens is 246 g/mol. The molecule has 0 radical (unpaired) electrons. The Morgan fingerprint density at radius 2 is 2.00 bits per heavy atom. The first kappa shape index (κ1) is 14.8. The number of unbranched alkanes of at least 4 members (excludes halogenated alkanes) is 1. The zero-order valence-electron chi connectivity index (χ0n) is 13.0. The summed E-state index contributed by atoms with van der Waals surface area (Å²) >= 11 is 0. The van der Waals surface area contributed by atoms with Crippen LogP contribution in [0.25, 0.3) is 5.69 Å². The van der Waals surface area contributed by atoms with Crippen LogP contribution >= 0.6 is 0 Å². The first-order valence-corrected chi connectivity index (χ1v) is 7.45. The van der Waals surface area contributed by atoms with E-state index in [-0.39, 0.29) is 0 Å². The minimum Gasteiger partial charge on any atom is -0.313 e. The van der Waals surface area contributed by atoms with Gasteiger partial charge < -0.3 is 5.32 Å². The van der Waals surface area contributed by atoms with Gasteiger partial charge in [0.2, 0.25) is 0 Å². The van der Waals surface area contributed by atoms with Crippen molar-refractivity contribution in [2.45, 2.75) is 47.1 Å². The zero-order valence-corrected chi connectivity index (χ0v) is 13.0. The highest BCUT2D eigenvalue weighted by Crippen LogP contribution is 2.18. The zero-order chi connectivity index (χ0) is 14.5. The van der Waals surface area contributed by atoms with E-state index in [1.165, 1.54) is 40.9 Å². The fourth-order valence-corrected chi connectivity index (χ4v) is 2.43. The molecule has 1 aromatic heterocycles. The molecule has 0 fully saturated rings. The maximum atomic E-state index is 4.55. The van der Waals surface area contributed by atoms with Crippen LogP contribution in [0.3, 0.4) is 0 Å². The lowest BCUT2D eigenvalue weighted by molar-refractivity contribution is 0.639. The van der Waals surface area contributed by atoms with Crippen molar-refractivity contribution in [2.75, 3.05) is 6.54 Å². The maximum Gasteiger partial charge on any atom is 0.0678 e. The maximum absolute atomic E-state index is 4.55. The van der Waals surface area contributed by atoms with Gasteiger partial charge in [-0.2, -0.15) is 5.10 Å². The van der Waals surface area contributed by atoms with Crippen molar-refractivity contribution >= 4 is 0 Å². The van der Waals surface area contributed by atoms with Crippen LogP contribution in [0.5, 0.6) is 0 Å². The van der Waals surface area contributed by atoms with Crippen molar-refractivity contribution in [1.82, 2.24) is 15.1 Å². The van der Waals surface area contributed by atoms with E-state index in [1.807, 2.05) is 10.9 Å². The van der Waals surface area contributed by atoms with Gasteiger partial charge in [0.1, 0.15) is 0 Å². The largest absolute Gasteiger partial charge is 0.313 e. The molecule has 0 aliphatic heterocycles. The number of benzene rings is 1. The molecule has 1 aromatic carbocycles. The van der Waals surface area contributed by atoms with Crippen molar-refractivity contribution in [3.05, 3.63) is 46.8 Å². The Kier molecular flexibility index (Phi) is 4.96. The van der Waals surface area contributed by atoms with Gasteiger partial charge in [0.05, 0.1) is 11.9 Å². The highest BCUT2D eigenvalue weighted by Gasteiger charge is 2.09. The minimum absolute atomic E-state index is 0.900. The van der Waals surface area contributed by atoms with E-state index in [1.54, 1.807) is 0 Å². The topological polar surface area (TPSA) is 29.9 Å². The number of aromatic nitrogens is 2. The van der Waals surface area contributed by atoms with Crippen LogP contribution in [0.1, 0.15) is 42.1 Å². The number of hydrogen-bond donors (Lipinski definition) is 1. The summed E-state index contributed by atoms with van der Waals surface area (Å²) in [5.41, 5.74) is 6.23. The van der Waals surface area contributed by atoms with Gasteiger partial charge in [-0.05, 0) is 45.4 Å². The highest BCUT2D eigenvalue weighted by atomic mass is 15.3. The first-order valence-electron chi connectivity index (χ1n) is 7.45. The van der Waals surface area contributed by atoms with Crippen LogP contribution in [0.15, 0.2) is 24.4 Å². The fraction of sp³-hybridized carbons (Fsp3) is 0.471. The Morgan fingerprint density at radius 3 is 2.70 bits per heavy atom. The van der Waals surface area contributed by atoms with E-state index in [4.69, 9.17) is 0 Å². The lowest BCUT2D eigenvalue weighted by atomic mass is 10.1. The Bertz CT molecular complexity index is 570. The molecule has 2 rings (SSSR count). The molecule has 1 N–H and O–H groups in total. The molecule has 3 nitrogen and oxygen atoms in total. The standard InChI is InChI=1S/C17H25N3/c1-5-6-9-18-11-16-12-19-20(15(16)4)17-8-7-13(2)10-14(17)3/h7-8,10,12,18H,5-6,9,11H2,1-4H3. The summed E-state index contributed by atoms with van der Waals surface area (Å²) in [6.07, 6.45) is 4.44. The molecule has 20 heavy (non-hydrogen) atoms. The van der Waals surface area contributed by atoms with Crippen LogP contribution in [0, 0.1) is 20.8 Å². The van der Waals surface area contributed by atoms with E-state index < -0.39 is 0 Å². The van der Waals surface area contributed by atoms with Crippen LogP contribution in [0.2, 0.25) is 0 Å². The number of nitrogens with zero attached hydrogens (tertiary/aromatic N) is 2. The van der Waals surface area contributed by atoms with Crippen molar-refractivity contribution in [2.24, 2.45) is 0 Å². The fourth-order valence-electron chi connectivity index (χ4n) is 2.43. The van der Waals surface area contributed by atoms with Crippen LogP contribution in [-0.4, -0.2) is 16.3 Å². The molecule has 0 bridgehead atoms. The lowest BCUT2D eigenvalue weighted by Gasteiger charge is -2.10. The lowest BCUT2D eigenvalue weighted by Crippen LogP contribution is -2.15. The van der Waals surface area contributed by atoms with Gasteiger partial charge in [-0.25, -0.2) is 4.68 Å². The molecule has 3 heteroatoms. The van der Waals surface area contributed by atoms with Gasteiger partial charge in [-0.3, -0.25) is 0 Å². The van der Waals surface area contributed by atoms with Crippen LogP contribution < -0.4 is 5.32 Å². The number of hydrogen-bond acceptors (Lipinski definition) is 2. The van der Waals surface area contributed by atoms with Crippen molar-refractivity contribution in [3.63, 3.8) is 0 Å². The summed E-state index contributed by atoms with van der Waals surface area (Å²) in [6, 6.07) is 6.50. The first-order chi connectivity index (χ1) is 9.63. The van der Waals surface area contributed by atoms with Gasteiger partial charge in [-0.1, -0.05) is 31.0 Å². The Labute approximate surface area is 122 Å². The predicted octanol–water partition coefficient (Wildman–Crippen LogP) is 3.69. The summed E-state index contributed by atoms with van der Waals surface area (Å²) in [5, 5.41) is 8.03. The second-order valence-corrected chi connectivity index (χ2v) is 5.49. The Hall–Kier alpha value is -1.61.